The Morgan fingerprint density at radius 3 is 2.57 bits per heavy atom. The Bertz CT molecular complexity index is 185. The van der Waals surface area contributed by atoms with Crippen LogP contribution >= 0.6 is 0 Å². The second kappa shape index (κ2) is 5.86. The highest BCUT2D eigenvalue weighted by Gasteiger charge is 2.15. The molecule has 1 fully saturated rings. The summed E-state index contributed by atoms with van der Waals surface area (Å²) < 4.78 is 0. The normalized spacial score (nSPS) is 20.3. The molecule has 0 saturated heterocycles. The van der Waals surface area contributed by atoms with Gasteiger partial charge >= 0.3 is 0 Å². The van der Waals surface area contributed by atoms with Crippen molar-refractivity contribution < 1.29 is 0 Å². The second-order valence-corrected chi connectivity index (χ2v) is 4.32. The Hall–Kier alpha value is -0.770. The van der Waals surface area contributed by atoms with Crippen LogP contribution in [-0.2, 0) is 0 Å². The fraction of sp³-hybridized carbons (Fsp3) is 0.900. The van der Waals surface area contributed by atoms with Gasteiger partial charge in [-0.15, -0.1) is 0 Å². The van der Waals surface area contributed by atoms with E-state index in [-0.39, 0.29) is 0 Å². The monoisotopic (exact) mass is 198 g/mol. The largest absolute Gasteiger partial charge is 0.385 e. The third kappa shape index (κ3) is 3.96. The fourth-order valence-corrected chi connectivity index (χ4v) is 2.19. The van der Waals surface area contributed by atoms with E-state index in [9.17, 15) is 0 Å². The van der Waals surface area contributed by atoms with Crippen molar-refractivity contribution in [2.24, 2.45) is 22.6 Å². The summed E-state index contributed by atoms with van der Waals surface area (Å²) >= 11 is 0. The predicted molar refractivity (Wildman–Crippen MR) is 59.9 cm³/mol. The van der Waals surface area contributed by atoms with Crippen molar-refractivity contribution in [3.05, 3.63) is 0 Å². The molecule has 14 heavy (non-hydrogen) atoms. The molecule has 0 amide bonds. The van der Waals surface area contributed by atoms with Crippen molar-refractivity contribution in [1.29, 1.82) is 0 Å². The lowest BCUT2D eigenvalue weighted by Crippen LogP contribution is -2.35. The topological polar surface area (TPSA) is 67.6 Å². The maximum Gasteiger partial charge on any atom is 0.133 e. The van der Waals surface area contributed by atoms with Crippen LogP contribution in [0.3, 0.4) is 0 Å². The molecule has 0 aromatic rings. The van der Waals surface area contributed by atoms with Crippen LogP contribution in [0.5, 0.6) is 0 Å². The Labute approximate surface area is 86.3 Å². The van der Waals surface area contributed by atoms with Gasteiger partial charge in [0, 0.05) is 6.54 Å². The zero-order valence-corrected chi connectivity index (χ0v) is 9.08. The highest BCUT2D eigenvalue weighted by molar-refractivity contribution is 5.81. The SMILES string of the molecule is CN(C/C(N)=N/N)CC1CCCCC1. The molecule has 0 bridgehead atoms. The quantitative estimate of drug-likeness (QED) is 0.303. The van der Waals surface area contributed by atoms with Crippen LogP contribution in [0.4, 0.5) is 0 Å². The minimum Gasteiger partial charge on any atom is -0.385 e. The van der Waals surface area contributed by atoms with Gasteiger partial charge in [-0.3, -0.25) is 4.90 Å². The van der Waals surface area contributed by atoms with Gasteiger partial charge in [0.15, 0.2) is 0 Å². The van der Waals surface area contributed by atoms with Crippen LogP contribution in [0.15, 0.2) is 5.10 Å². The van der Waals surface area contributed by atoms with Gasteiger partial charge in [0.1, 0.15) is 5.84 Å². The van der Waals surface area contributed by atoms with E-state index in [1.165, 1.54) is 32.1 Å². The molecule has 0 aromatic carbocycles. The number of nitrogens with zero attached hydrogens (tertiary/aromatic N) is 2. The van der Waals surface area contributed by atoms with Crippen molar-refractivity contribution >= 4 is 5.84 Å². The molecule has 1 saturated carbocycles. The number of hydrogen-bond donors (Lipinski definition) is 2. The van der Waals surface area contributed by atoms with Gasteiger partial charge in [-0.1, -0.05) is 19.3 Å². The Kier molecular flexibility index (Phi) is 4.73. The molecule has 0 heterocycles. The molecule has 0 atom stereocenters. The van der Waals surface area contributed by atoms with Crippen molar-refractivity contribution in [3.63, 3.8) is 0 Å². The number of hydrogen-bond acceptors (Lipinski definition) is 3. The minimum atomic E-state index is 0.517. The van der Waals surface area contributed by atoms with Crippen molar-refractivity contribution in [1.82, 2.24) is 4.90 Å². The van der Waals surface area contributed by atoms with Crippen molar-refractivity contribution in [3.8, 4) is 0 Å². The maximum atomic E-state index is 5.56. The van der Waals surface area contributed by atoms with E-state index in [0.29, 0.717) is 12.4 Å². The molecule has 4 nitrogen and oxygen atoms in total. The van der Waals surface area contributed by atoms with Gasteiger partial charge in [-0.25, -0.2) is 0 Å². The van der Waals surface area contributed by atoms with Crippen LogP contribution in [0.1, 0.15) is 32.1 Å². The molecule has 4 heteroatoms. The molecular formula is C10H22N4. The summed E-state index contributed by atoms with van der Waals surface area (Å²) in [4.78, 5) is 2.21. The standard InChI is InChI=1S/C10H22N4/c1-14(8-10(11)13-12)7-9-5-3-2-4-6-9/h9H,2-8,12H2,1H3,(H2,11,13). The zero-order chi connectivity index (χ0) is 10.4. The Morgan fingerprint density at radius 1 is 1.36 bits per heavy atom. The van der Waals surface area contributed by atoms with E-state index in [2.05, 4.69) is 17.0 Å². The lowest BCUT2D eigenvalue weighted by atomic mass is 9.89. The first kappa shape index (κ1) is 11.3. The Balaban J connectivity index is 2.21. The van der Waals surface area contributed by atoms with E-state index in [0.717, 1.165) is 12.5 Å². The van der Waals surface area contributed by atoms with E-state index in [1.54, 1.807) is 0 Å². The molecule has 0 aromatic heterocycles. The lowest BCUT2D eigenvalue weighted by molar-refractivity contribution is 0.252. The lowest BCUT2D eigenvalue weighted by Gasteiger charge is -2.26. The number of nitrogens with two attached hydrogens (primary N) is 2. The molecule has 1 rings (SSSR count). The van der Waals surface area contributed by atoms with Gasteiger partial charge in [0.25, 0.3) is 0 Å². The molecule has 1 aliphatic carbocycles. The van der Waals surface area contributed by atoms with Crippen LogP contribution in [0, 0.1) is 5.92 Å². The van der Waals surface area contributed by atoms with Gasteiger partial charge in [0.05, 0.1) is 6.54 Å². The van der Waals surface area contributed by atoms with Crippen LogP contribution < -0.4 is 11.6 Å². The molecule has 0 spiro atoms. The molecular weight excluding hydrogens is 176 g/mol. The average Bonchev–Trinajstić information content (AvgIpc) is 2.19. The first-order valence-electron chi connectivity index (χ1n) is 5.43. The Morgan fingerprint density at radius 2 is 2.00 bits per heavy atom. The maximum absolute atomic E-state index is 5.56. The summed E-state index contributed by atoms with van der Waals surface area (Å²) in [6.07, 6.45) is 6.92. The average molecular weight is 198 g/mol. The summed E-state index contributed by atoms with van der Waals surface area (Å²) in [5, 5.41) is 3.47. The van der Waals surface area contributed by atoms with Gasteiger partial charge < -0.3 is 11.6 Å². The first-order chi connectivity index (χ1) is 6.72. The smallest absolute Gasteiger partial charge is 0.133 e. The molecule has 0 unspecified atom stereocenters. The summed E-state index contributed by atoms with van der Waals surface area (Å²) in [5.74, 6) is 6.45. The van der Waals surface area contributed by atoms with Crippen LogP contribution in [-0.4, -0.2) is 30.9 Å². The number of likely N-dealkylation sites (N-methyl/N-ethyl adjacent to an activating group) is 1. The predicted octanol–water partition coefficient (Wildman–Crippen LogP) is 0.729. The van der Waals surface area contributed by atoms with Crippen molar-refractivity contribution in [2.75, 3.05) is 20.1 Å². The number of rotatable bonds is 4. The van der Waals surface area contributed by atoms with Crippen molar-refractivity contribution in [2.45, 2.75) is 32.1 Å². The summed E-state index contributed by atoms with van der Waals surface area (Å²) in [7, 11) is 2.08. The molecule has 82 valence electrons. The fourth-order valence-electron chi connectivity index (χ4n) is 2.19. The third-order valence-electron chi connectivity index (χ3n) is 2.89. The zero-order valence-electron chi connectivity index (χ0n) is 9.08. The van der Waals surface area contributed by atoms with Gasteiger partial charge in [0.2, 0.25) is 0 Å². The summed E-state index contributed by atoms with van der Waals surface area (Å²) in [6.45, 7) is 1.81. The third-order valence-corrected chi connectivity index (χ3v) is 2.89. The highest BCUT2D eigenvalue weighted by atomic mass is 15.2. The highest BCUT2D eigenvalue weighted by Crippen LogP contribution is 2.23. The molecule has 0 aliphatic heterocycles. The van der Waals surface area contributed by atoms with Crippen LogP contribution in [0.25, 0.3) is 0 Å². The van der Waals surface area contributed by atoms with Gasteiger partial charge in [-0.2, -0.15) is 5.10 Å². The minimum absolute atomic E-state index is 0.517. The van der Waals surface area contributed by atoms with E-state index >= 15 is 0 Å². The van der Waals surface area contributed by atoms with Crippen LogP contribution in [0.2, 0.25) is 0 Å². The first-order valence-corrected chi connectivity index (χ1v) is 5.43. The number of hydrazone groups is 1. The van der Waals surface area contributed by atoms with E-state index < -0.39 is 0 Å². The molecule has 0 radical (unpaired) electrons. The molecule has 4 N–H and O–H groups in total. The number of amidine groups is 1. The van der Waals surface area contributed by atoms with E-state index in [4.69, 9.17) is 11.6 Å². The van der Waals surface area contributed by atoms with E-state index in [1.807, 2.05) is 0 Å². The summed E-state index contributed by atoms with van der Waals surface area (Å²) in [5.41, 5.74) is 5.56. The second-order valence-electron chi connectivity index (χ2n) is 4.32. The molecule has 1 aliphatic rings. The summed E-state index contributed by atoms with van der Waals surface area (Å²) in [6, 6.07) is 0. The van der Waals surface area contributed by atoms with Gasteiger partial charge in [-0.05, 0) is 25.8 Å².